The molecule has 0 aliphatic carbocycles. The molecule has 2 aromatic heterocycles. The number of nitrogens with one attached hydrogen (secondary N) is 2. The first-order valence-corrected chi connectivity index (χ1v) is 8.57. The van der Waals surface area contributed by atoms with Gasteiger partial charge in [-0.2, -0.15) is 0 Å². The summed E-state index contributed by atoms with van der Waals surface area (Å²) < 4.78 is 0. The van der Waals surface area contributed by atoms with Gasteiger partial charge in [0.1, 0.15) is 11.2 Å². The number of aromatic nitrogens is 2. The van der Waals surface area contributed by atoms with Gasteiger partial charge in [-0.25, -0.2) is 4.98 Å². The van der Waals surface area contributed by atoms with E-state index < -0.39 is 0 Å². The summed E-state index contributed by atoms with van der Waals surface area (Å²) >= 11 is 0. The van der Waals surface area contributed by atoms with Crippen LogP contribution in [0.15, 0.2) is 23.1 Å². The fourth-order valence-corrected chi connectivity index (χ4v) is 3.25. The fourth-order valence-electron chi connectivity index (χ4n) is 3.25. The summed E-state index contributed by atoms with van der Waals surface area (Å²) in [5.41, 5.74) is 1.20. The Bertz CT molecular complexity index is 793. The molecule has 1 atom stereocenters. The number of hydrogen-bond acceptors (Lipinski definition) is 4. The average Bonchev–Trinajstić information content (AvgIpc) is 2.55. The number of aromatic amines is 1. The van der Waals surface area contributed by atoms with Gasteiger partial charge in [0.05, 0.1) is 5.39 Å². The number of likely N-dealkylation sites (tertiary alicyclic amines) is 1. The molecule has 6 nitrogen and oxygen atoms in total. The normalized spacial score (nSPS) is 16.9. The second-order valence-corrected chi connectivity index (χ2v) is 6.62. The highest BCUT2D eigenvalue weighted by atomic mass is 16.2. The molecule has 2 N–H and O–H groups in total. The SMILES string of the molecule is Cc1ccc2c(=O)c(C(=O)NC(C)CN3CCCCC3)c[nH]c2n1. The lowest BCUT2D eigenvalue weighted by molar-refractivity contribution is 0.0924. The van der Waals surface area contributed by atoms with Crippen molar-refractivity contribution in [3.63, 3.8) is 0 Å². The molecule has 1 aliphatic rings. The lowest BCUT2D eigenvalue weighted by Crippen LogP contribution is -2.44. The number of fused-ring (bicyclic) bond motifs is 1. The average molecular weight is 328 g/mol. The zero-order valence-electron chi connectivity index (χ0n) is 14.3. The summed E-state index contributed by atoms with van der Waals surface area (Å²) in [6, 6.07) is 3.49. The molecule has 0 saturated carbocycles. The molecule has 0 radical (unpaired) electrons. The van der Waals surface area contributed by atoms with E-state index in [4.69, 9.17) is 0 Å². The molecule has 2 aromatic rings. The molecular weight excluding hydrogens is 304 g/mol. The van der Waals surface area contributed by atoms with Crippen molar-refractivity contribution < 1.29 is 4.79 Å². The third-order valence-corrected chi connectivity index (χ3v) is 4.48. The topological polar surface area (TPSA) is 78.1 Å². The zero-order chi connectivity index (χ0) is 17.1. The molecule has 1 unspecified atom stereocenters. The van der Waals surface area contributed by atoms with Crippen molar-refractivity contribution in [2.24, 2.45) is 0 Å². The van der Waals surface area contributed by atoms with Crippen molar-refractivity contribution in [1.82, 2.24) is 20.2 Å². The van der Waals surface area contributed by atoms with Crippen LogP contribution < -0.4 is 10.7 Å². The van der Waals surface area contributed by atoms with Gasteiger partial charge >= 0.3 is 0 Å². The summed E-state index contributed by atoms with van der Waals surface area (Å²) in [5.74, 6) is -0.330. The molecular formula is C18H24N4O2. The van der Waals surface area contributed by atoms with E-state index in [9.17, 15) is 9.59 Å². The first-order chi connectivity index (χ1) is 11.5. The van der Waals surface area contributed by atoms with Crippen molar-refractivity contribution in [3.05, 3.63) is 39.8 Å². The number of hydrogen-bond donors (Lipinski definition) is 2. The van der Waals surface area contributed by atoms with Crippen LogP contribution in [-0.2, 0) is 0 Å². The number of aryl methyl sites for hydroxylation is 1. The molecule has 3 heterocycles. The van der Waals surface area contributed by atoms with Gasteiger partial charge in [0, 0.05) is 24.5 Å². The summed E-state index contributed by atoms with van der Waals surface area (Å²) in [5, 5.41) is 3.38. The number of rotatable bonds is 4. The van der Waals surface area contributed by atoms with Crippen molar-refractivity contribution in [3.8, 4) is 0 Å². The number of amides is 1. The molecule has 1 amide bonds. The molecule has 0 aromatic carbocycles. The number of nitrogens with zero attached hydrogens (tertiary/aromatic N) is 2. The van der Waals surface area contributed by atoms with Crippen LogP contribution in [0.3, 0.4) is 0 Å². The smallest absolute Gasteiger partial charge is 0.257 e. The van der Waals surface area contributed by atoms with Crippen molar-refractivity contribution >= 4 is 16.9 Å². The largest absolute Gasteiger partial charge is 0.348 e. The predicted octanol–water partition coefficient (Wildman–Crippen LogP) is 1.84. The van der Waals surface area contributed by atoms with E-state index in [1.807, 2.05) is 13.8 Å². The fraction of sp³-hybridized carbons (Fsp3) is 0.500. The number of pyridine rings is 2. The van der Waals surface area contributed by atoms with Gasteiger partial charge < -0.3 is 15.2 Å². The van der Waals surface area contributed by atoms with Crippen LogP contribution in [0.4, 0.5) is 0 Å². The van der Waals surface area contributed by atoms with Crippen LogP contribution in [0.2, 0.25) is 0 Å². The van der Waals surface area contributed by atoms with E-state index in [1.165, 1.54) is 25.5 Å². The number of piperidine rings is 1. The molecule has 6 heteroatoms. The molecule has 0 bridgehead atoms. The van der Waals surface area contributed by atoms with Gasteiger partial charge in [0.15, 0.2) is 0 Å². The Morgan fingerprint density at radius 1 is 1.33 bits per heavy atom. The number of carbonyl (C=O) groups is 1. The maximum Gasteiger partial charge on any atom is 0.257 e. The van der Waals surface area contributed by atoms with Crippen LogP contribution in [0.5, 0.6) is 0 Å². The summed E-state index contributed by atoms with van der Waals surface area (Å²) in [6.07, 6.45) is 5.19. The van der Waals surface area contributed by atoms with Gasteiger partial charge in [0.2, 0.25) is 5.43 Å². The van der Waals surface area contributed by atoms with Gasteiger partial charge in [-0.3, -0.25) is 9.59 Å². The Kier molecular flexibility index (Phi) is 4.94. The Labute approximate surface area is 141 Å². The lowest BCUT2D eigenvalue weighted by atomic mass is 10.1. The molecule has 3 rings (SSSR count). The van der Waals surface area contributed by atoms with Gasteiger partial charge in [-0.15, -0.1) is 0 Å². The number of H-pyrrole nitrogens is 1. The monoisotopic (exact) mass is 328 g/mol. The van der Waals surface area contributed by atoms with Crippen molar-refractivity contribution in [2.75, 3.05) is 19.6 Å². The summed E-state index contributed by atoms with van der Waals surface area (Å²) in [6.45, 7) is 6.83. The summed E-state index contributed by atoms with van der Waals surface area (Å²) in [7, 11) is 0. The molecule has 0 spiro atoms. The Morgan fingerprint density at radius 2 is 2.08 bits per heavy atom. The first-order valence-electron chi connectivity index (χ1n) is 8.57. The first kappa shape index (κ1) is 16.6. The molecule has 24 heavy (non-hydrogen) atoms. The lowest BCUT2D eigenvalue weighted by Gasteiger charge is -2.29. The number of carbonyl (C=O) groups excluding carboxylic acids is 1. The van der Waals surface area contributed by atoms with E-state index >= 15 is 0 Å². The quantitative estimate of drug-likeness (QED) is 0.898. The van der Waals surface area contributed by atoms with Gasteiger partial charge in [0.25, 0.3) is 5.91 Å². The van der Waals surface area contributed by atoms with Crippen LogP contribution in [0.1, 0.15) is 42.2 Å². The Hall–Kier alpha value is -2.21. The van der Waals surface area contributed by atoms with Crippen LogP contribution >= 0.6 is 0 Å². The second kappa shape index (κ2) is 7.13. The maximum atomic E-state index is 12.5. The maximum absolute atomic E-state index is 12.5. The molecule has 128 valence electrons. The van der Waals surface area contributed by atoms with E-state index in [0.717, 1.165) is 25.3 Å². The van der Waals surface area contributed by atoms with Gasteiger partial charge in [-0.05, 0) is 51.9 Å². The highest BCUT2D eigenvalue weighted by molar-refractivity contribution is 5.96. The van der Waals surface area contributed by atoms with E-state index in [-0.39, 0.29) is 22.9 Å². The van der Waals surface area contributed by atoms with Crippen molar-refractivity contribution in [1.29, 1.82) is 0 Å². The van der Waals surface area contributed by atoms with Crippen LogP contribution in [0, 0.1) is 6.92 Å². The van der Waals surface area contributed by atoms with Crippen molar-refractivity contribution in [2.45, 2.75) is 39.2 Å². The highest BCUT2D eigenvalue weighted by Gasteiger charge is 2.18. The minimum atomic E-state index is -0.330. The minimum absolute atomic E-state index is 0.00170. The van der Waals surface area contributed by atoms with Crippen LogP contribution in [-0.4, -0.2) is 46.5 Å². The molecule has 1 fully saturated rings. The van der Waals surface area contributed by atoms with Gasteiger partial charge in [-0.1, -0.05) is 6.42 Å². The minimum Gasteiger partial charge on any atom is -0.348 e. The molecule has 1 aliphatic heterocycles. The Balaban J connectivity index is 1.72. The third-order valence-electron chi connectivity index (χ3n) is 4.48. The van der Waals surface area contributed by atoms with E-state index in [1.54, 1.807) is 12.1 Å². The third kappa shape index (κ3) is 3.64. The van der Waals surface area contributed by atoms with E-state index in [2.05, 4.69) is 20.2 Å². The second-order valence-electron chi connectivity index (χ2n) is 6.62. The Morgan fingerprint density at radius 3 is 2.83 bits per heavy atom. The van der Waals surface area contributed by atoms with E-state index in [0.29, 0.717) is 11.0 Å². The zero-order valence-corrected chi connectivity index (χ0v) is 14.3. The standard InChI is InChI=1S/C18H24N4O2/c1-12-6-7-14-16(23)15(10-19-17(14)20-12)18(24)21-13(2)11-22-8-4-3-5-9-22/h6-7,10,13H,3-5,8-9,11H2,1-2H3,(H,21,24)(H,19,20,23). The molecule has 1 saturated heterocycles. The van der Waals surface area contributed by atoms with Crippen LogP contribution in [0.25, 0.3) is 11.0 Å². The summed E-state index contributed by atoms with van der Waals surface area (Å²) in [4.78, 5) is 34.6. The predicted molar refractivity (Wildman–Crippen MR) is 94.3 cm³/mol. The highest BCUT2D eigenvalue weighted by Crippen LogP contribution is 2.09.